The lowest BCUT2D eigenvalue weighted by atomic mass is 10.0. The van der Waals surface area contributed by atoms with Crippen molar-refractivity contribution < 1.29 is 23.5 Å². The molecule has 180 valence electrons. The summed E-state index contributed by atoms with van der Waals surface area (Å²) in [5, 5.41) is 3.71. The van der Waals surface area contributed by atoms with Crippen LogP contribution < -0.4 is 5.32 Å². The van der Waals surface area contributed by atoms with E-state index in [0.29, 0.717) is 58.7 Å². The van der Waals surface area contributed by atoms with Crippen LogP contribution in [-0.2, 0) is 20.7 Å². The first-order valence-electron chi connectivity index (χ1n) is 11.6. The second kappa shape index (κ2) is 10.1. The fourth-order valence-electron chi connectivity index (χ4n) is 4.62. The van der Waals surface area contributed by atoms with Gasteiger partial charge in [-0.25, -0.2) is 14.2 Å². The summed E-state index contributed by atoms with van der Waals surface area (Å²) < 4.78 is 25.3. The smallest absolute Gasteiger partial charge is 0.339 e. The molecule has 2 aliphatic rings. The van der Waals surface area contributed by atoms with Crippen molar-refractivity contribution in [1.82, 2.24) is 10.3 Å². The maximum Gasteiger partial charge on any atom is 0.339 e. The highest BCUT2D eigenvalue weighted by Crippen LogP contribution is 2.38. The summed E-state index contributed by atoms with van der Waals surface area (Å²) in [6.45, 7) is 0.719. The van der Waals surface area contributed by atoms with Crippen molar-refractivity contribution in [3.05, 3.63) is 75.7 Å². The van der Waals surface area contributed by atoms with Gasteiger partial charge in [0.1, 0.15) is 5.82 Å². The molecule has 1 aliphatic carbocycles. The normalized spacial score (nSPS) is 18.1. The number of ether oxygens (including phenoxy) is 2. The molecular weight excluding hydrogens is 471 g/mol. The van der Waals surface area contributed by atoms with Gasteiger partial charge in [0.15, 0.2) is 6.61 Å². The van der Waals surface area contributed by atoms with Gasteiger partial charge >= 0.3 is 5.97 Å². The van der Waals surface area contributed by atoms with Crippen molar-refractivity contribution in [2.45, 2.75) is 31.8 Å². The number of para-hydroxylation sites is 1. The van der Waals surface area contributed by atoms with Gasteiger partial charge in [-0.1, -0.05) is 35.9 Å². The zero-order chi connectivity index (χ0) is 24.4. The van der Waals surface area contributed by atoms with Gasteiger partial charge in [0, 0.05) is 24.1 Å². The monoisotopic (exact) mass is 494 g/mol. The third-order valence-electron chi connectivity index (χ3n) is 6.35. The lowest BCUT2D eigenvalue weighted by Gasteiger charge is -2.13. The van der Waals surface area contributed by atoms with Crippen LogP contribution in [0.25, 0.3) is 22.6 Å². The molecule has 5 rings (SSSR count). The SMILES string of the molecule is O=C(COC(=O)c1c2c(nc3ccccc13)/C(=C/c1c(F)cccc1Cl)CC2)NC[C@H]1CCCO1. The molecule has 2 heterocycles. The molecule has 0 unspecified atom stereocenters. The molecule has 1 amide bonds. The standard InChI is InChI=1S/C27H24ClFN2O4/c28-21-7-3-8-22(29)20(21)13-16-10-11-19-25(18-6-1-2-9-23(18)31-26(16)19)27(33)35-15-24(32)30-14-17-5-4-12-34-17/h1-3,6-9,13,17H,4-5,10-12,14-15H2,(H,30,32)/b16-13+/t17-/m1/s1. The highest BCUT2D eigenvalue weighted by atomic mass is 35.5. The molecule has 0 radical (unpaired) electrons. The van der Waals surface area contributed by atoms with E-state index in [4.69, 9.17) is 26.1 Å². The first-order chi connectivity index (χ1) is 17.0. The zero-order valence-corrected chi connectivity index (χ0v) is 19.7. The third-order valence-corrected chi connectivity index (χ3v) is 6.68. The Morgan fingerprint density at radius 1 is 1.20 bits per heavy atom. The number of carbonyl (C=O) groups excluding carboxylic acids is 2. The lowest BCUT2D eigenvalue weighted by molar-refractivity contribution is -0.124. The minimum atomic E-state index is -0.586. The summed E-state index contributed by atoms with van der Waals surface area (Å²) in [4.78, 5) is 30.2. The number of rotatable bonds is 6. The van der Waals surface area contributed by atoms with Gasteiger partial charge in [0.05, 0.1) is 27.9 Å². The van der Waals surface area contributed by atoms with Crippen molar-refractivity contribution in [2.24, 2.45) is 0 Å². The number of benzene rings is 2. The summed E-state index contributed by atoms with van der Waals surface area (Å²) in [5.41, 5.74) is 3.44. The molecule has 0 bridgehead atoms. The van der Waals surface area contributed by atoms with Crippen molar-refractivity contribution >= 4 is 46.0 Å². The Labute approximate surface area is 207 Å². The third kappa shape index (κ3) is 4.92. The average Bonchev–Trinajstić information content (AvgIpc) is 3.52. The molecular formula is C27H24ClFN2O4. The van der Waals surface area contributed by atoms with E-state index in [1.807, 2.05) is 24.3 Å². The van der Waals surface area contributed by atoms with Gasteiger partial charge < -0.3 is 14.8 Å². The van der Waals surface area contributed by atoms with Crippen molar-refractivity contribution in [1.29, 1.82) is 0 Å². The fourth-order valence-corrected chi connectivity index (χ4v) is 4.84. The molecule has 0 spiro atoms. The van der Waals surface area contributed by atoms with Crippen LogP contribution in [0, 0.1) is 5.82 Å². The number of pyridine rings is 1. The van der Waals surface area contributed by atoms with Gasteiger partial charge in [-0.2, -0.15) is 0 Å². The molecule has 2 aromatic carbocycles. The summed E-state index contributed by atoms with van der Waals surface area (Å²) in [6.07, 6.45) is 4.71. The number of allylic oxidation sites excluding steroid dienone is 1. The van der Waals surface area contributed by atoms with Crippen molar-refractivity contribution in [3.8, 4) is 0 Å². The number of hydrogen-bond donors (Lipinski definition) is 1. The number of halogens is 2. The van der Waals surface area contributed by atoms with Crippen LogP contribution in [0.1, 0.15) is 46.4 Å². The molecule has 1 aliphatic heterocycles. The highest BCUT2D eigenvalue weighted by molar-refractivity contribution is 6.32. The Morgan fingerprint density at radius 3 is 2.86 bits per heavy atom. The molecule has 6 nitrogen and oxygen atoms in total. The second-order valence-corrected chi connectivity index (χ2v) is 9.06. The van der Waals surface area contributed by atoms with E-state index in [9.17, 15) is 14.0 Å². The number of carbonyl (C=O) groups is 2. The zero-order valence-electron chi connectivity index (χ0n) is 19.0. The Bertz CT molecular complexity index is 1310. The van der Waals surface area contributed by atoms with Gasteiger partial charge in [-0.05, 0) is 61.1 Å². The minimum Gasteiger partial charge on any atom is -0.452 e. The summed E-state index contributed by atoms with van der Waals surface area (Å²) in [7, 11) is 0. The van der Waals surface area contributed by atoms with E-state index in [2.05, 4.69) is 5.32 Å². The van der Waals surface area contributed by atoms with Crippen molar-refractivity contribution in [2.75, 3.05) is 19.8 Å². The predicted molar refractivity (Wildman–Crippen MR) is 132 cm³/mol. The second-order valence-electron chi connectivity index (χ2n) is 8.65. The van der Waals surface area contributed by atoms with Crippen LogP contribution in [0.3, 0.4) is 0 Å². The number of esters is 1. The van der Waals surface area contributed by atoms with Crippen LogP contribution in [0.5, 0.6) is 0 Å². The molecule has 1 fully saturated rings. The van der Waals surface area contributed by atoms with Crippen molar-refractivity contribution in [3.63, 3.8) is 0 Å². The summed E-state index contributed by atoms with van der Waals surface area (Å²) in [5.74, 6) is -1.39. The van der Waals surface area contributed by atoms with E-state index >= 15 is 0 Å². The van der Waals surface area contributed by atoms with Crippen LogP contribution in [0.15, 0.2) is 42.5 Å². The number of nitrogens with one attached hydrogen (secondary N) is 1. The fraction of sp³-hybridized carbons (Fsp3) is 0.296. The number of hydrogen-bond acceptors (Lipinski definition) is 5. The Kier molecular flexibility index (Phi) is 6.79. The average molecular weight is 495 g/mol. The topological polar surface area (TPSA) is 77.5 Å². The summed E-state index contributed by atoms with van der Waals surface area (Å²) in [6, 6.07) is 11.8. The van der Waals surface area contributed by atoms with E-state index in [-0.39, 0.29) is 18.6 Å². The molecule has 0 saturated carbocycles. The Balaban J connectivity index is 1.42. The van der Waals surface area contributed by atoms with Crippen LogP contribution >= 0.6 is 11.6 Å². The lowest BCUT2D eigenvalue weighted by Crippen LogP contribution is -2.34. The van der Waals surface area contributed by atoms with Crippen LogP contribution in [-0.4, -0.2) is 42.7 Å². The first-order valence-corrected chi connectivity index (χ1v) is 12.0. The Morgan fingerprint density at radius 2 is 2.06 bits per heavy atom. The molecule has 1 saturated heterocycles. The van der Waals surface area contributed by atoms with Crippen LogP contribution in [0.4, 0.5) is 4.39 Å². The van der Waals surface area contributed by atoms with Crippen LogP contribution in [0.2, 0.25) is 5.02 Å². The maximum atomic E-state index is 14.4. The molecule has 8 heteroatoms. The quantitative estimate of drug-likeness (QED) is 0.490. The number of fused-ring (bicyclic) bond motifs is 2. The molecule has 35 heavy (non-hydrogen) atoms. The van der Waals surface area contributed by atoms with Gasteiger partial charge in [-0.15, -0.1) is 0 Å². The molecule has 1 atom stereocenters. The van der Waals surface area contributed by atoms with E-state index in [0.717, 1.165) is 24.0 Å². The minimum absolute atomic E-state index is 0.00947. The van der Waals surface area contributed by atoms with Gasteiger partial charge in [-0.3, -0.25) is 4.79 Å². The molecule has 3 aromatic rings. The summed E-state index contributed by atoms with van der Waals surface area (Å²) >= 11 is 6.23. The molecule has 1 aromatic heterocycles. The maximum absolute atomic E-state index is 14.4. The first kappa shape index (κ1) is 23.5. The molecule has 1 N–H and O–H groups in total. The van der Waals surface area contributed by atoms with Gasteiger partial charge in [0.2, 0.25) is 0 Å². The number of amides is 1. The number of aromatic nitrogens is 1. The van der Waals surface area contributed by atoms with E-state index < -0.39 is 11.8 Å². The van der Waals surface area contributed by atoms with E-state index in [1.165, 1.54) is 6.07 Å². The predicted octanol–water partition coefficient (Wildman–Crippen LogP) is 4.97. The number of nitrogens with zero attached hydrogens (tertiary/aromatic N) is 1. The largest absolute Gasteiger partial charge is 0.452 e. The highest BCUT2D eigenvalue weighted by Gasteiger charge is 2.28. The van der Waals surface area contributed by atoms with E-state index in [1.54, 1.807) is 18.2 Å². The van der Waals surface area contributed by atoms with Gasteiger partial charge in [0.25, 0.3) is 5.91 Å². The Hall–Kier alpha value is -3.29.